The zero-order chi connectivity index (χ0) is 15.7. The monoisotopic (exact) mass is 392 g/mol. The highest BCUT2D eigenvalue weighted by atomic mass is 79.9. The van der Waals surface area contributed by atoms with E-state index in [1.807, 2.05) is 24.3 Å². The van der Waals surface area contributed by atoms with E-state index in [1.165, 1.54) is 0 Å². The second-order valence-electron chi connectivity index (χ2n) is 4.57. The maximum absolute atomic E-state index is 11.9. The first-order valence-corrected chi connectivity index (χ1v) is 7.76. The molecule has 3 N–H and O–H groups in total. The predicted octanol–water partition coefficient (Wildman–Crippen LogP) is 2.72. The number of nitrogens with one attached hydrogen (secondary N) is 1. The first kappa shape index (κ1) is 20.9. The fourth-order valence-corrected chi connectivity index (χ4v) is 2.13. The molecule has 1 amide bonds. The summed E-state index contributed by atoms with van der Waals surface area (Å²) in [6.07, 6.45) is 1.09. The molecule has 7 heteroatoms. The molecule has 0 aliphatic rings. The van der Waals surface area contributed by atoms with Crippen molar-refractivity contribution in [2.45, 2.75) is 32.2 Å². The molecular weight excluding hydrogens is 372 g/mol. The SMILES string of the molecule is CCOC(=O)CC(NC(=O)CCCN)c1ccc(Br)cc1.Cl. The molecule has 1 aromatic carbocycles. The Morgan fingerprint density at radius 1 is 1.32 bits per heavy atom. The van der Waals surface area contributed by atoms with Crippen LogP contribution in [0.5, 0.6) is 0 Å². The maximum atomic E-state index is 11.9. The first-order valence-electron chi connectivity index (χ1n) is 6.97. The number of carbonyl (C=O) groups excluding carboxylic acids is 2. The fourth-order valence-electron chi connectivity index (χ4n) is 1.86. The molecule has 22 heavy (non-hydrogen) atoms. The molecule has 124 valence electrons. The van der Waals surface area contributed by atoms with Gasteiger partial charge in [-0.25, -0.2) is 0 Å². The van der Waals surface area contributed by atoms with Gasteiger partial charge in [0.2, 0.25) is 5.91 Å². The largest absolute Gasteiger partial charge is 0.466 e. The van der Waals surface area contributed by atoms with Gasteiger partial charge in [0, 0.05) is 10.9 Å². The first-order chi connectivity index (χ1) is 10.1. The molecule has 0 aliphatic carbocycles. The lowest BCUT2D eigenvalue weighted by molar-refractivity contribution is -0.143. The molecule has 1 aromatic rings. The van der Waals surface area contributed by atoms with E-state index in [-0.39, 0.29) is 36.7 Å². The van der Waals surface area contributed by atoms with Crippen LogP contribution < -0.4 is 11.1 Å². The molecule has 0 aliphatic heterocycles. The molecule has 1 atom stereocenters. The summed E-state index contributed by atoms with van der Waals surface area (Å²) in [5.74, 6) is -0.442. The highest BCUT2D eigenvalue weighted by Gasteiger charge is 2.19. The summed E-state index contributed by atoms with van der Waals surface area (Å²) >= 11 is 3.36. The van der Waals surface area contributed by atoms with Crippen molar-refractivity contribution >= 4 is 40.2 Å². The molecule has 1 rings (SSSR count). The minimum Gasteiger partial charge on any atom is -0.466 e. The van der Waals surface area contributed by atoms with Gasteiger partial charge in [-0.1, -0.05) is 28.1 Å². The van der Waals surface area contributed by atoms with Crippen molar-refractivity contribution in [3.05, 3.63) is 34.3 Å². The van der Waals surface area contributed by atoms with Crippen LogP contribution >= 0.6 is 28.3 Å². The number of halogens is 2. The molecular formula is C15H22BrClN2O3. The Morgan fingerprint density at radius 3 is 2.50 bits per heavy atom. The number of nitrogens with two attached hydrogens (primary N) is 1. The highest BCUT2D eigenvalue weighted by Crippen LogP contribution is 2.20. The number of rotatable bonds is 8. The van der Waals surface area contributed by atoms with E-state index in [1.54, 1.807) is 6.92 Å². The van der Waals surface area contributed by atoms with E-state index in [0.717, 1.165) is 10.0 Å². The van der Waals surface area contributed by atoms with Crippen molar-refractivity contribution in [3.8, 4) is 0 Å². The molecule has 0 aromatic heterocycles. The summed E-state index contributed by atoms with van der Waals surface area (Å²) in [4.78, 5) is 23.6. The number of benzene rings is 1. The number of carbonyl (C=O) groups is 2. The van der Waals surface area contributed by atoms with Crippen molar-refractivity contribution < 1.29 is 14.3 Å². The molecule has 0 heterocycles. The van der Waals surface area contributed by atoms with Gasteiger partial charge in [-0.15, -0.1) is 12.4 Å². The molecule has 0 radical (unpaired) electrons. The van der Waals surface area contributed by atoms with Crippen LogP contribution in [0.25, 0.3) is 0 Å². The number of hydrogen-bond donors (Lipinski definition) is 2. The van der Waals surface area contributed by atoms with Crippen LogP contribution in [0.3, 0.4) is 0 Å². The highest BCUT2D eigenvalue weighted by molar-refractivity contribution is 9.10. The van der Waals surface area contributed by atoms with Crippen LogP contribution in [0.1, 0.15) is 37.8 Å². The molecule has 1 unspecified atom stereocenters. The Morgan fingerprint density at radius 2 is 1.95 bits per heavy atom. The van der Waals surface area contributed by atoms with E-state index in [2.05, 4.69) is 21.2 Å². The molecule has 0 bridgehead atoms. The van der Waals surface area contributed by atoms with Crippen LogP contribution in [-0.2, 0) is 14.3 Å². The third-order valence-corrected chi connectivity index (χ3v) is 3.42. The van der Waals surface area contributed by atoms with E-state index in [0.29, 0.717) is 26.0 Å². The maximum Gasteiger partial charge on any atom is 0.308 e. The minimum absolute atomic E-state index is 0. The van der Waals surface area contributed by atoms with Crippen molar-refractivity contribution in [2.24, 2.45) is 5.73 Å². The summed E-state index contributed by atoms with van der Waals surface area (Å²) < 4.78 is 5.90. The van der Waals surface area contributed by atoms with Crippen LogP contribution in [0.15, 0.2) is 28.7 Å². The average Bonchev–Trinajstić information content (AvgIpc) is 2.45. The number of ether oxygens (including phenoxy) is 1. The van der Waals surface area contributed by atoms with Crippen molar-refractivity contribution in [1.82, 2.24) is 5.32 Å². The van der Waals surface area contributed by atoms with Crippen molar-refractivity contribution in [2.75, 3.05) is 13.2 Å². The van der Waals surface area contributed by atoms with Crippen molar-refractivity contribution in [1.29, 1.82) is 0 Å². The lowest BCUT2D eigenvalue weighted by atomic mass is 10.0. The molecule has 0 saturated heterocycles. The van der Waals surface area contributed by atoms with E-state index in [4.69, 9.17) is 10.5 Å². The zero-order valence-electron chi connectivity index (χ0n) is 12.5. The number of amides is 1. The van der Waals surface area contributed by atoms with E-state index in [9.17, 15) is 9.59 Å². The standard InChI is InChI=1S/C15H21BrN2O3.ClH/c1-2-21-15(20)10-13(18-14(19)4-3-9-17)11-5-7-12(16)8-6-11;/h5-8,13H,2-4,9-10,17H2,1H3,(H,18,19);1H. The van der Waals surface area contributed by atoms with Gasteiger partial charge in [-0.2, -0.15) is 0 Å². The van der Waals surface area contributed by atoms with Gasteiger partial charge < -0.3 is 15.8 Å². The average molecular weight is 394 g/mol. The van der Waals surface area contributed by atoms with Gasteiger partial charge in [-0.05, 0) is 37.6 Å². The second kappa shape index (κ2) is 11.5. The summed E-state index contributed by atoms with van der Waals surface area (Å²) in [5.41, 5.74) is 6.26. The van der Waals surface area contributed by atoms with Gasteiger partial charge in [0.1, 0.15) is 0 Å². The number of esters is 1. The number of hydrogen-bond acceptors (Lipinski definition) is 4. The molecule has 0 fully saturated rings. The van der Waals surface area contributed by atoms with Gasteiger partial charge in [-0.3, -0.25) is 9.59 Å². The van der Waals surface area contributed by atoms with Gasteiger partial charge in [0.05, 0.1) is 19.1 Å². The summed E-state index contributed by atoms with van der Waals surface area (Å²) in [6, 6.07) is 7.11. The van der Waals surface area contributed by atoms with Crippen molar-refractivity contribution in [3.63, 3.8) is 0 Å². The Hall–Kier alpha value is -1.11. The zero-order valence-corrected chi connectivity index (χ0v) is 14.9. The smallest absolute Gasteiger partial charge is 0.308 e. The van der Waals surface area contributed by atoms with Gasteiger partial charge in [0.25, 0.3) is 0 Å². The Kier molecular flexibility index (Phi) is 10.9. The summed E-state index contributed by atoms with van der Waals surface area (Å²) in [6.45, 7) is 2.55. The van der Waals surface area contributed by atoms with Crippen LogP contribution in [0.4, 0.5) is 0 Å². The second-order valence-corrected chi connectivity index (χ2v) is 5.49. The summed E-state index contributed by atoms with van der Waals surface area (Å²) in [5, 5.41) is 2.87. The fraction of sp³-hybridized carbons (Fsp3) is 0.467. The molecule has 5 nitrogen and oxygen atoms in total. The lowest BCUT2D eigenvalue weighted by Gasteiger charge is -2.18. The van der Waals surface area contributed by atoms with Gasteiger partial charge in [0.15, 0.2) is 0 Å². The normalized spacial score (nSPS) is 11.2. The Bertz CT molecular complexity index is 468. The van der Waals surface area contributed by atoms with E-state index >= 15 is 0 Å². The Labute approximate surface area is 145 Å². The van der Waals surface area contributed by atoms with E-state index < -0.39 is 0 Å². The molecule has 0 spiro atoms. The molecule has 0 saturated carbocycles. The van der Waals surface area contributed by atoms with Crippen LogP contribution in [-0.4, -0.2) is 25.0 Å². The lowest BCUT2D eigenvalue weighted by Crippen LogP contribution is -2.30. The van der Waals surface area contributed by atoms with Crippen LogP contribution in [0.2, 0.25) is 0 Å². The predicted molar refractivity (Wildman–Crippen MR) is 91.8 cm³/mol. The third-order valence-electron chi connectivity index (χ3n) is 2.89. The minimum atomic E-state index is -0.387. The third kappa shape index (κ3) is 7.77. The summed E-state index contributed by atoms with van der Waals surface area (Å²) in [7, 11) is 0. The Balaban J connectivity index is 0.00000441. The quantitative estimate of drug-likeness (QED) is 0.665. The van der Waals surface area contributed by atoms with Gasteiger partial charge >= 0.3 is 5.97 Å². The topological polar surface area (TPSA) is 81.4 Å². The van der Waals surface area contributed by atoms with Crippen LogP contribution in [0, 0.1) is 0 Å².